The summed E-state index contributed by atoms with van der Waals surface area (Å²) >= 11 is 1.31. The molecule has 0 aliphatic carbocycles. The Balaban J connectivity index is 1.73. The van der Waals surface area contributed by atoms with Crippen LogP contribution in [0.25, 0.3) is 11.3 Å². The Kier molecular flexibility index (Phi) is 5.18. The van der Waals surface area contributed by atoms with E-state index in [4.69, 9.17) is 0 Å². The maximum Gasteiger partial charge on any atom is 0.270 e. The molecule has 136 valence electrons. The van der Waals surface area contributed by atoms with Gasteiger partial charge in [-0.1, -0.05) is 12.1 Å². The first-order valence-corrected chi connectivity index (χ1v) is 8.57. The first-order valence-electron chi connectivity index (χ1n) is 7.69. The maximum atomic E-state index is 10.9. The fourth-order valence-electron chi connectivity index (χ4n) is 2.26. The van der Waals surface area contributed by atoms with Crippen molar-refractivity contribution < 1.29 is 9.85 Å². The third-order valence-corrected chi connectivity index (χ3v) is 4.42. The Morgan fingerprint density at radius 2 is 1.78 bits per heavy atom. The highest BCUT2D eigenvalue weighted by molar-refractivity contribution is 7.14. The number of nitrogens with zero attached hydrogens (tertiary/aromatic N) is 4. The highest BCUT2D eigenvalue weighted by atomic mass is 32.1. The van der Waals surface area contributed by atoms with E-state index < -0.39 is 9.85 Å². The molecule has 1 aromatic heterocycles. The Bertz CT molecular complexity index is 1030. The van der Waals surface area contributed by atoms with Gasteiger partial charge in [-0.15, -0.1) is 11.3 Å². The van der Waals surface area contributed by atoms with Crippen LogP contribution < -0.4 is 5.43 Å². The number of hydrazone groups is 1. The summed E-state index contributed by atoms with van der Waals surface area (Å²) in [7, 11) is 0. The van der Waals surface area contributed by atoms with Crippen LogP contribution in [0.15, 0.2) is 59.0 Å². The van der Waals surface area contributed by atoms with Crippen molar-refractivity contribution in [2.24, 2.45) is 5.10 Å². The van der Waals surface area contributed by atoms with E-state index in [1.54, 1.807) is 36.6 Å². The van der Waals surface area contributed by atoms with Gasteiger partial charge >= 0.3 is 0 Å². The molecule has 0 spiro atoms. The average molecular weight is 383 g/mol. The normalized spacial score (nSPS) is 11.2. The molecule has 10 heteroatoms. The molecule has 27 heavy (non-hydrogen) atoms. The Hall–Kier alpha value is -3.66. The van der Waals surface area contributed by atoms with Gasteiger partial charge in [0.1, 0.15) is 0 Å². The molecule has 0 amide bonds. The molecule has 0 unspecified atom stereocenters. The summed E-state index contributed by atoms with van der Waals surface area (Å²) in [5.41, 5.74) is 5.48. The number of rotatable bonds is 6. The zero-order valence-electron chi connectivity index (χ0n) is 14.0. The molecule has 0 aliphatic heterocycles. The van der Waals surface area contributed by atoms with Gasteiger partial charge in [-0.05, 0) is 24.6 Å². The van der Waals surface area contributed by atoms with Gasteiger partial charge in [0, 0.05) is 35.2 Å². The number of nitro benzene ring substituents is 2. The number of hydrogen-bond acceptors (Lipinski definition) is 8. The molecule has 3 aromatic rings. The highest BCUT2D eigenvalue weighted by Gasteiger charge is 2.10. The van der Waals surface area contributed by atoms with E-state index >= 15 is 0 Å². The molecule has 0 aliphatic rings. The van der Waals surface area contributed by atoms with Gasteiger partial charge in [0.25, 0.3) is 11.4 Å². The molecule has 1 N–H and O–H groups in total. The SMILES string of the molecule is C/C(=N/Nc1nc(-c2cccc([N+](=O)[O-])c2)cs1)c1ccc([N+](=O)[O-])cc1. The molecule has 0 saturated carbocycles. The number of non-ortho nitro benzene ring substituents is 2. The molecule has 3 rings (SSSR count). The van der Waals surface area contributed by atoms with Crippen molar-refractivity contribution in [1.29, 1.82) is 0 Å². The lowest BCUT2D eigenvalue weighted by molar-refractivity contribution is -0.385. The smallest absolute Gasteiger partial charge is 0.258 e. The second kappa shape index (κ2) is 7.70. The number of aromatic nitrogens is 1. The van der Waals surface area contributed by atoms with Crippen LogP contribution in [0.1, 0.15) is 12.5 Å². The average Bonchev–Trinajstić information content (AvgIpc) is 3.15. The molecule has 0 saturated heterocycles. The van der Waals surface area contributed by atoms with Crippen LogP contribution in [-0.4, -0.2) is 20.5 Å². The van der Waals surface area contributed by atoms with Crippen molar-refractivity contribution in [1.82, 2.24) is 4.98 Å². The Morgan fingerprint density at radius 3 is 2.44 bits per heavy atom. The highest BCUT2D eigenvalue weighted by Crippen LogP contribution is 2.27. The minimum atomic E-state index is -0.459. The van der Waals surface area contributed by atoms with E-state index in [2.05, 4.69) is 15.5 Å². The predicted octanol–water partition coefficient (Wildman–Crippen LogP) is 4.46. The fourth-order valence-corrected chi connectivity index (χ4v) is 2.92. The van der Waals surface area contributed by atoms with Gasteiger partial charge in [-0.25, -0.2) is 4.98 Å². The summed E-state index contributed by atoms with van der Waals surface area (Å²) < 4.78 is 0. The topological polar surface area (TPSA) is 124 Å². The van der Waals surface area contributed by atoms with Gasteiger partial charge < -0.3 is 0 Å². The number of hydrogen-bond donors (Lipinski definition) is 1. The lowest BCUT2D eigenvalue weighted by atomic mass is 10.1. The van der Waals surface area contributed by atoms with E-state index in [1.807, 2.05) is 0 Å². The molecule has 1 heterocycles. The number of anilines is 1. The Morgan fingerprint density at radius 1 is 1.07 bits per heavy atom. The molecule has 9 nitrogen and oxygen atoms in total. The first-order chi connectivity index (χ1) is 12.9. The van der Waals surface area contributed by atoms with Crippen molar-refractivity contribution in [2.45, 2.75) is 6.92 Å². The maximum absolute atomic E-state index is 10.9. The monoisotopic (exact) mass is 383 g/mol. The van der Waals surface area contributed by atoms with E-state index in [1.165, 1.54) is 35.6 Å². The summed E-state index contributed by atoms with van der Waals surface area (Å²) in [6, 6.07) is 12.3. The summed E-state index contributed by atoms with van der Waals surface area (Å²) in [5.74, 6) is 0. The number of thiazole rings is 1. The van der Waals surface area contributed by atoms with E-state index in [9.17, 15) is 20.2 Å². The van der Waals surface area contributed by atoms with Gasteiger partial charge in [0.15, 0.2) is 0 Å². The minimum Gasteiger partial charge on any atom is -0.258 e. The number of nitrogens with one attached hydrogen (secondary N) is 1. The van der Waals surface area contributed by atoms with Crippen LogP contribution in [-0.2, 0) is 0 Å². The van der Waals surface area contributed by atoms with Crippen LogP contribution in [0.4, 0.5) is 16.5 Å². The summed E-state index contributed by atoms with van der Waals surface area (Å²) in [6.07, 6.45) is 0. The fraction of sp³-hybridized carbons (Fsp3) is 0.0588. The van der Waals surface area contributed by atoms with Crippen LogP contribution in [0.3, 0.4) is 0 Å². The summed E-state index contributed by atoms with van der Waals surface area (Å²) in [5, 5.41) is 28.1. The van der Waals surface area contributed by atoms with E-state index in [0.717, 1.165) is 5.56 Å². The van der Waals surface area contributed by atoms with E-state index in [0.29, 0.717) is 22.1 Å². The number of benzene rings is 2. The van der Waals surface area contributed by atoms with Crippen molar-refractivity contribution in [2.75, 3.05) is 5.43 Å². The van der Waals surface area contributed by atoms with Crippen molar-refractivity contribution >= 4 is 33.6 Å². The van der Waals surface area contributed by atoms with Crippen molar-refractivity contribution in [3.05, 3.63) is 79.7 Å². The lowest BCUT2D eigenvalue weighted by Crippen LogP contribution is -2.00. The second-order valence-electron chi connectivity index (χ2n) is 5.46. The molecule has 0 bridgehead atoms. The Labute approximate surface area is 157 Å². The van der Waals surface area contributed by atoms with E-state index in [-0.39, 0.29) is 11.4 Å². The summed E-state index contributed by atoms with van der Waals surface area (Å²) in [6.45, 7) is 1.77. The third kappa shape index (κ3) is 4.30. The largest absolute Gasteiger partial charge is 0.270 e. The van der Waals surface area contributed by atoms with Gasteiger partial charge in [-0.2, -0.15) is 5.10 Å². The van der Waals surface area contributed by atoms with Gasteiger partial charge in [0.2, 0.25) is 5.13 Å². The number of nitro groups is 2. The zero-order valence-corrected chi connectivity index (χ0v) is 14.8. The van der Waals surface area contributed by atoms with Crippen LogP contribution in [0.5, 0.6) is 0 Å². The zero-order chi connectivity index (χ0) is 19.4. The van der Waals surface area contributed by atoms with Gasteiger partial charge in [-0.3, -0.25) is 25.7 Å². The van der Waals surface area contributed by atoms with Crippen molar-refractivity contribution in [3.63, 3.8) is 0 Å². The predicted molar refractivity (Wildman–Crippen MR) is 103 cm³/mol. The molecule has 2 aromatic carbocycles. The minimum absolute atomic E-state index is 0.00189. The first kappa shape index (κ1) is 18.1. The van der Waals surface area contributed by atoms with Crippen LogP contribution in [0, 0.1) is 20.2 Å². The van der Waals surface area contributed by atoms with Crippen LogP contribution >= 0.6 is 11.3 Å². The van der Waals surface area contributed by atoms with Gasteiger partial charge in [0.05, 0.1) is 21.3 Å². The molecular formula is C17H13N5O4S. The van der Waals surface area contributed by atoms with Crippen LogP contribution in [0.2, 0.25) is 0 Å². The molecule has 0 radical (unpaired) electrons. The lowest BCUT2D eigenvalue weighted by Gasteiger charge is -2.01. The second-order valence-corrected chi connectivity index (χ2v) is 6.32. The molecule has 0 atom stereocenters. The quantitative estimate of drug-likeness (QED) is 0.381. The standard InChI is InChI=1S/C17H13N5O4S/c1-11(12-5-7-14(8-6-12)21(23)24)19-20-17-18-16(10-27-17)13-3-2-4-15(9-13)22(25)26/h2-10H,1H3,(H,18,20)/b19-11-. The third-order valence-electron chi connectivity index (χ3n) is 3.67. The molecular weight excluding hydrogens is 370 g/mol. The van der Waals surface area contributed by atoms with Crippen molar-refractivity contribution in [3.8, 4) is 11.3 Å². The molecule has 0 fully saturated rings. The summed E-state index contributed by atoms with van der Waals surface area (Å²) in [4.78, 5) is 25.0.